The summed E-state index contributed by atoms with van der Waals surface area (Å²) >= 11 is 0. The standard InChI is InChI=1S/C15H26N4O/c1-3-7-12-13(16-4-2)18-11-19-14(12)17-10-15(20)8-5-6-9-15/h11,20H,3-10H2,1-2H3,(H2,16,17,18,19). The highest BCUT2D eigenvalue weighted by Gasteiger charge is 2.31. The molecule has 0 radical (unpaired) electrons. The topological polar surface area (TPSA) is 70.1 Å². The van der Waals surface area contributed by atoms with Gasteiger partial charge in [0.15, 0.2) is 0 Å². The van der Waals surface area contributed by atoms with Gasteiger partial charge in [0, 0.05) is 18.7 Å². The zero-order chi connectivity index (χ0) is 14.4. The SMILES string of the molecule is CCCc1c(NCC)ncnc1NCC1(O)CCCC1. The first-order valence-corrected chi connectivity index (χ1v) is 7.72. The van der Waals surface area contributed by atoms with Gasteiger partial charge in [-0.2, -0.15) is 0 Å². The summed E-state index contributed by atoms with van der Waals surface area (Å²) in [6.07, 6.45) is 7.56. The Morgan fingerprint density at radius 1 is 1.15 bits per heavy atom. The highest BCUT2D eigenvalue weighted by Crippen LogP contribution is 2.30. The van der Waals surface area contributed by atoms with Gasteiger partial charge in [-0.15, -0.1) is 0 Å². The Labute approximate surface area is 121 Å². The van der Waals surface area contributed by atoms with E-state index in [1.807, 2.05) is 0 Å². The van der Waals surface area contributed by atoms with Crippen molar-refractivity contribution in [1.29, 1.82) is 0 Å². The van der Waals surface area contributed by atoms with Crippen LogP contribution in [0, 0.1) is 0 Å². The third-order valence-corrected chi connectivity index (χ3v) is 3.91. The molecule has 1 aliphatic carbocycles. The van der Waals surface area contributed by atoms with E-state index in [4.69, 9.17) is 0 Å². The van der Waals surface area contributed by atoms with Gasteiger partial charge in [0.25, 0.3) is 0 Å². The van der Waals surface area contributed by atoms with Crippen LogP contribution in [0.5, 0.6) is 0 Å². The number of aliphatic hydroxyl groups is 1. The third kappa shape index (κ3) is 3.60. The second kappa shape index (κ2) is 6.88. The van der Waals surface area contributed by atoms with E-state index < -0.39 is 5.60 Å². The van der Waals surface area contributed by atoms with Crippen LogP contribution in [0.3, 0.4) is 0 Å². The lowest BCUT2D eigenvalue weighted by Crippen LogP contribution is -2.34. The maximum absolute atomic E-state index is 10.4. The first kappa shape index (κ1) is 15.0. The summed E-state index contributed by atoms with van der Waals surface area (Å²) in [6, 6.07) is 0. The fraction of sp³-hybridized carbons (Fsp3) is 0.733. The van der Waals surface area contributed by atoms with Gasteiger partial charge in [-0.3, -0.25) is 0 Å². The number of rotatable bonds is 7. The number of nitrogens with zero attached hydrogens (tertiary/aromatic N) is 2. The van der Waals surface area contributed by atoms with E-state index in [9.17, 15) is 5.11 Å². The quantitative estimate of drug-likeness (QED) is 0.715. The van der Waals surface area contributed by atoms with Crippen molar-refractivity contribution in [1.82, 2.24) is 9.97 Å². The molecule has 3 N–H and O–H groups in total. The molecule has 0 aromatic carbocycles. The monoisotopic (exact) mass is 278 g/mol. The molecule has 0 saturated heterocycles. The lowest BCUT2D eigenvalue weighted by molar-refractivity contribution is 0.0614. The molecular formula is C15H26N4O. The molecule has 1 aromatic rings. The van der Waals surface area contributed by atoms with Crippen LogP contribution in [0.15, 0.2) is 6.33 Å². The Balaban J connectivity index is 2.11. The summed E-state index contributed by atoms with van der Waals surface area (Å²) in [7, 11) is 0. The van der Waals surface area contributed by atoms with Crippen molar-refractivity contribution in [2.45, 2.75) is 58.0 Å². The molecule has 0 atom stereocenters. The van der Waals surface area contributed by atoms with E-state index in [-0.39, 0.29) is 0 Å². The lowest BCUT2D eigenvalue weighted by atomic mass is 10.0. The van der Waals surface area contributed by atoms with Gasteiger partial charge in [-0.1, -0.05) is 26.2 Å². The van der Waals surface area contributed by atoms with Crippen LogP contribution in [-0.2, 0) is 6.42 Å². The predicted molar refractivity (Wildman–Crippen MR) is 82.1 cm³/mol. The van der Waals surface area contributed by atoms with Gasteiger partial charge < -0.3 is 15.7 Å². The summed E-state index contributed by atoms with van der Waals surface area (Å²) < 4.78 is 0. The summed E-state index contributed by atoms with van der Waals surface area (Å²) in [6.45, 7) is 5.63. The van der Waals surface area contributed by atoms with Crippen molar-refractivity contribution in [2.75, 3.05) is 23.7 Å². The van der Waals surface area contributed by atoms with Gasteiger partial charge in [0.1, 0.15) is 18.0 Å². The largest absolute Gasteiger partial charge is 0.388 e. The maximum atomic E-state index is 10.4. The average Bonchev–Trinajstić information content (AvgIpc) is 2.87. The molecule has 5 heteroatoms. The van der Waals surface area contributed by atoms with Crippen molar-refractivity contribution >= 4 is 11.6 Å². The van der Waals surface area contributed by atoms with Crippen molar-refractivity contribution in [3.63, 3.8) is 0 Å². The van der Waals surface area contributed by atoms with E-state index in [2.05, 4.69) is 34.4 Å². The second-order valence-electron chi connectivity index (χ2n) is 5.61. The Bertz CT molecular complexity index is 430. The Morgan fingerprint density at radius 3 is 2.40 bits per heavy atom. The Hall–Kier alpha value is -1.36. The Kier molecular flexibility index (Phi) is 5.17. The molecule has 1 aromatic heterocycles. The van der Waals surface area contributed by atoms with Crippen molar-refractivity contribution < 1.29 is 5.11 Å². The zero-order valence-corrected chi connectivity index (χ0v) is 12.6. The van der Waals surface area contributed by atoms with Gasteiger partial charge in [-0.25, -0.2) is 9.97 Å². The predicted octanol–water partition coefficient (Wildman–Crippen LogP) is 2.58. The van der Waals surface area contributed by atoms with E-state index in [0.29, 0.717) is 6.54 Å². The van der Waals surface area contributed by atoms with Crippen LogP contribution in [0.25, 0.3) is 0 Å². The minimum absolute atomic E-state index is 0.563. The van der Waals surface area contributed by atoms with Crippen LogP contribution in [-0.4, -0.2) is 33.8 Å². The highest BCUT2D eigenvalue weighted by atomic mass is 16.3. The van der Waals surface area contributed by atoms with Gasteiger partial charge >= 0.3 is 0 Å². The Morgan fingerprint density at radius 2 is 1.80 bits per heavy atom. The summed E-state index contributed by atoms with van der Waals surface area (Å²) in [4.78, 5) is 8.68. The van der Waals surface area contributed by atoms with E-state index in [1.165, 1.54) is 0 Å². The number of hydrogen-bond donors (Lipinski definition) is 3. The molecule has 0 amide bonds. The van der Waals surface area contributed by atoms with Crippen molar-refractivity contribution in [3.05, 3.63) is 11.9 Å². The molecule has 0 unspecified atom stereocenters. The number of nitrogens with one attached hydrogen (secondary N) is 2. The molecule has 5 nitrogen and oxygen atoms in total. The number of hydrogen-bond acceptors (Lipinski definition) is 5. The van der Waals surface area contributed by atoms with E-state index in [0.717, 1.165) is 62.3 Å². The van der Waals surface area contributed by atoms with Gasteiger partial charge in [-0.05, 0) is 26.2 Å². The third-order valence-electron chi connectivity index (χ3n) is 3.91. The molecule has 20 heavy (non-hydrogen) atoms. The average molecular weight is 278 g/mol. The normalized spacial score (nSPS) is 17.1. The fourth-order valence-corrected chi connectivity index (χ4v) is 2.83. The van der Waals surface area contributed by atoms with E-state index in [1.54, 1.807) is 6.33 Å². The fourth-order valence-electron chi connectivity index (χ4n) is 2.83. The summed E-state index contributed by atoms with van der Waals surface area (Å²) in [5, 5.41) is 17.0. The molecule has 0 spiro atoms. The van der Waals surface area contributed by atoms with Crippen LogP contribution in [0.2, 0.25) is 0 Å². The molecule has 1 fully saturated rings. The van der Waals surface area contributed by atoms with Crippen LogP contribution in [0.4, 0.5) is 11.6 Å². The van der Waals surface area contributed by atoms with Crippen molar-refractivity contribution in [3.8, 4) is 0 Å². The molecular weight excluding hydrogens is 252 g/mol. The minimum Gasteiger partial charge on any atom is -0.388 e. The molecule has 0 bridgehead atoms. The lowest BCUT2D eigenvalue weighted by Gasteiger charge is -2.24. The van der Waals surface area contributed by atoms with Crippen molar-refractivity contribution in [2.24, 2.45) is 0 Å². The van der Waals surface area contributed by atoms with Crippen LogP contribution >= 0.6 is 0 Å². The molecule has 2 rings (SSSR count). The van der Waals surface area contributed by atoms with E-state index >= 15 is 0 Å². The smallest absolute Gasteiger partial charge is 0.134 e. The molecule has 0 aliphatic heterocycles. The second-order valence-corrected chi connectivity index (χ2v) is 5.61. The van der Waals surface area contributed by atoms with Crippen LogP contribution in [0.1, 0.15) is 51.5 Å². The first-order valence-electron chi connectivity index (χ1n) is 7.72. The van der Waals surface area contributed by atoms with Crippen LogP contribution < -0.4 is 10.6 Å². The van der Waals surface area contributed by atoms with Gasteiger partial charge in [0.05, 0.1) is 5.60 Å². The number of anilines is 2. The number of aromatic nitrogens is 2. The maximum Gasteiger partial charge on any atom is 0.134 e. The van der Waals surface area contributed by atoms with Gasteiger partial charge in [0.2, 0.25) is 0 Å². The molecule has 112 valence electrons. The zero-order valence-electron chi connectivity index (χ0n) is 12.6. The first-order chi connectivity index (χ1) is 9.68. The molecule has 1 heterocycles. The molecule has 1 saturated carbocycles. The summed E-state index contributed by atoms with van der Waals surface area (Å²) in [5.41, 5.74) is 0.561. The minimum atomic E-state index is -0.563. The summed E-state index contributed by atoms with van der Waals surface area (Å²) in [5.74, 6) is 1.77. The molecule has 1 aliphatic rings. The highest BCUT2D eigenvalue weighted by molar-refractivity contribution is 5.57.